The average Bonchev–Trinajstić information content (AvgIpc) is 3.13. The van der Waals surface area contributed by atoms with Gasteiger partial charge in [0.25, 0.3) is 0 Å². The van der Waals surface area contributed by atoms with Crippen LogP contribution in [0.3, 0.4) is 0 Å². The fraction of sp³-hybridized carbons (Fsp3) is 0.636. The van der Waals surface area contributed by atoms with Crippen molar-refractivity contribution in [2.75, 3.05) is 26.2 Å². The Bertz CT molecular complexity index is 672. The van der Waals surface area contributed by atoms with E-state index in [1.54, 1.807) is 0 Å². The van der Waals surface area contributed by atoms with Crippen molar-refractivity contribution in [3.63, 3.8) is 0 Å². The van der Waals surface area contributed by atoms with Gasteiger partial charge in [-0.3, -0.25) is 9.59 Å². The summed E-state index contributed by atoms with van der Waals surface area (Å²) in [4.78, 5) is 29.3. The van der Waals surface area contributed by atoms with Gasteiger partial charge in [0.05, 0.1) is 12.5 Å². The molecule has 3 fully saturated rings. The van der Waals surface area contributed by atoms with Crippen LogP contribution in [-0.2, 0) is 16.0 Å². The molecule has 1 saturated carbocycles. The number of hydrogen-bond donors (Lipinski definition) is 1. The Morgan fingerprint density at radius 2 is 1.64 bits per heavy atom. The van der Waals surface area contributed by atoms with E-state index in [0.29, 0.717) is 44.6 Å². The molecule has 3 aliphatic rings. The molecule has 0 aromatic heterocycles. The summed E-state index contributed by atoms with van der Waals surface area (Å²) < 4.78 is 0. The molecule has 2 aliphatic heterocycles. The highest BCUT2D eigenvalue weighted by Crippen LogP contribution is 2.33. The van der Waals surface area contributed by atoms with E-state index < -0.39 is 0 Å². The predicted octanol–water partition coefficient (Wildman–Crippen LogP) is 2.55. The normalized spacial score (nSPS) is 27.1. The Hall–Kier alpha value is -1.59. The van der Waals surface area contributed by atoms with Gasteiger partial charge < -0.3 is 15.1 Å². The van der Waals surface area contributed by atoms with Crippen LogP contribution in [0.2, 0.25) is 0 Å². The predicted molar refractivity (Wildman–Crippen MR) is 113 cm³/mol. The van der Waals surface area contributed by atoms with Crippen LogP contribution in [0.1, 0.15) is 43.2 Å². The van der Waals surface area contributed by atoms with E-state index in [4.69, 9.17) is 0 Å². The highest BCUT2D eigenvalue weighted by molar-refractivity contribution is 5.85. The summed E-state index contributed by atoms with van der Waals surface area (Å²) in [5, 5.41) is 3.59. The van der Waals surface area contributed by atoms with Crippen molar-refractivity contribution in [1.82, 2.24) is 15.1 Å². The molecule has 1 aromatic rings. The van der Waals surface area contributed by atoms with Gasteiger partial charge in [0.1, 0.15) is 0 Å². The van der Waals surface area contributed by atoms with Crippen LogP contribution in [0.15, 0.2) is 24.3 Å². The maximum atomic E-state index is 12.9. The number of benzene rings is 1. The number of aryl methyl sites for hydroxylation is 1. The number of amides is 2. The minimum atomic E-state index is -0.00656. The van der Waals surface area contributed by atoms with Crippen LogP contribution in [0.5, 0.6) is 0 Å². The number of nitrogens with zero attached hydrogens (tertiary/aromatic N) is 2. The van der Waals surface area contributed by atoms with Crippen molar-refractivity contribution >= 4 is 24.2 Å². The van der Waals surface area contributed by atoms with Crippen LogP contribution in [-0.4, -0.2) is 59.9 Å². The van der Waals surface area contributed by atoms with Gasteiger partial charge in [0.15, 0.2) is 0 Å². The maximum Gasteiger partial charge on any atom is 0.239 e. The first-order chi connectivity index (χ1) is 13.1. The Morgan fingerprint density at radius 1 is 1.00 bits per heavy atom. The standard InChI is InChI=1S/C22H31N3O2.ClH/c1-16-6-8-17(9-7-16)14-21(26)24-10-12-25(13-11-24)22(27)20-15-18-4-2-3-5-19(18)23-20;/h6-9,18-20,23H,2-5,10-15H2,1H3;1H. The van der Waals surface area contributed by atoms with E-state index in [-0.39, 0.29) is 30.3 Å². The first-order valence-corrected chi connectivity index (χ1v) is 10.5. The summed E-state index contributed by atoms with van der Waals surface area (Å²) in [6.07, 6.45) is 6.53. The summed E-state index contributed by atoms with van der Waals surface area (Å²) in [7, 11) is 0. The summed E-state index contributed by atoms with van der Waals surface area (Å²) in [6.45, 7) is 4.67. The number of halogens is 1. The first-order valence-electron chi connectivity index (χ1n) is 10.5. The van der Waals surface area contributed by atoms with E-state index in [1.807, 2.05) is 34.1 Å². The lowest BCUT2D eigenvalue weighted by atomic mass is 9.85. The third-order valence-electron chi connectivity index (χ3n) is 6.58. The number of piperazine rings is 1. The second kappa shape index (κ2) is 9.27. The van der Waals surface area contributed by atoms with E-state index in [1.165, 1.54) is 31.2 Å². The molecule has 2 heterocycles. The third kappa shape index (κ3) is 4.69. The highest BCUT2D eigenvalue weighted by atomic mass is 35.5. The Morgan fingerprint density at radius 3 is 2.32 bits per heavy atom. The molecule has 3 unspecified atom stereocenters. The van der Waals surface area contributed by atoms with E-state index in [0.717, 1.165) is 12.0 Å². The largest absolute Gasteiger partial charge is 0.339 e. The lowest BCUT2D eigenvalue weighted by molar-refractivity contribution is -0.140. The minimum absolute atomic E-state index is 0. The molecule has 1 N–H and O–H groups in total. The van der Waals surface area contributed by atoms with Gasteiger partial charge in [-0.15, -0.1) is 12.4 Å². The summed E-state index contributed by atoms with van der Waals surface area (Å²) >= 11 is 0. The molecule has 1 aliphatic carbocycles. The highest BCUT2D eigenvalue weighted by Gasteiger charge is 2.40. The van der Waals surface area contributed by atoms with Crippen molar-refractivity contribution in [1.29, 1.82) is 0 Å². The second-order valence-electron chi connectivity index (χ2n) is 8.47. The number of hydrogen-bond acceptors (Lipinski definition) is 3. The van der Waals surface area contributed by atoms with Crippen molar-refractivity contribution in [3.05, 3.63) is 35.4 Å². The SMILES string of the molecule is Cc1ccc(CC(=O)N2CCN(C(=O)C3CC4CCCCC4N3)CC2)cc1.Cl. The maximum absolute atomic E-state index is 12.9. The Balaban J connectivity index is 0.00000225. The fourth-order valence-corrected chi connectivity index (χ4v) is 4.90. The van der Waals surface area contributed by atoms with Crippen LogP contribution >= 0.6 is 12.4 Å². The fourth-order valence-electron chi connectivity index (χ4n) is 4.90. The smallest absolute Gasteiger partial charge is 0.239 e. The zero-order valence-electron chi connectivity index (χ0n) is 16.7. The lowest BCUT2D eigenvalue weighted by Crippen LogP contribution is -2.54. The molecule has 2 amide bonds. The monoisotopic (exact) mass is 405 g/mol. The summed E-state index contributed by atoms with van der Waals surface area (Å²) in [5.41, 5.74) is 2.26. The van der Waals surface area contributed by atoms with Gasteiger partial charge in [-0.05, 0) is 37.7 Å². The van der Waals surface area contributed by atoms with Gasteiger partial charge in [-0.2, -0.15) is 0 Å². The molecule has 0 bridgehead atoms. The molecule has 0 spiro atoms. The van der Waals surface area contributed by atoms with Gasteiger partial charge in [-0.25, -0.2) is 0 Å². The van der Waals surface area contributed by atoms with Crippen molar-refractivity contribution < 1.29 is 9.59 Å². The van der Waals surface area contributed by atoms with Gasteiger partial charge >= 0.3 is 0 Å². The molecule has 5 nitrogen and oxygen atoms in total. The van der Waals surface area contributed by atoms with Crippen LogP contribution in [0.4, 0.5) is 0 Å². The van der Waals surface area contributed by atoms with Crippen molar-refractivity contribution in [2.24, 2.45) is 5.92 Å². The number of fused-ring (bicyclic) bond motifs is 1. The first kappa shape index (κ1) is 21.1. The molecule has 4 rings (SSSR count). The Labute approximate surface area is 174 Å². The molecule has 154 valence electrons. The minimum Gasteiger partial charge on any atom is -0.339 e. The van der Waals surface area contributed by atoms with Gasteiger partial charge in [0.2, 0.25) is 11.8 Å². The summed E-state index contributed by atoms with van der Waals surface area (Å²) in [5.74, 6) is 1.09. The second-order valence-corrected chi connectivity index (χ2v) is 8.47. The zero-order chi connectivity index (χ0) is 18.8. The molecular formula is C22H32ClN3O2. The molecule has 0 radical (unpaired) electrons. The average molecular weight is 406 g/mol. The molecule has 2 saturated heterocycles. The molecule has 3 atom stereocenters. The van der Waals surface area contributed by atoms with Gasteiger partial charge in [0, 0.05) is 32.2 Å². The lowest BCUT2D eigenvalue weighted by Gasteiger charge is -2.36. The number of carbonyl (C=O) groups is 2. The number of carbonyl (C=O) groups excluding carboxylic acids is 2. The zero-order valence-corrected chi connectivity index (χ0v) is 17.5. The Kier molecular flexibility index (Phi) is 7.00. The molecule has 6 heteroatoms. The third-order valence-corrected chi connectivity index (χ3v) is 6.58. The van der Waals surface area contributed by atoms with Crippen LogP contribution in [0, 0.1) is 12.8 Å². The van der Waals surface area contributed by atoms with E-state index >= 15 is 0 Å². The van der Waals surface area contributed by atoms with Gasteiger partial charge in [-0.1, -0.05) is 42.7 Å². The van der Waals surface area contributed by atoms with E-state index in [9.17, 15) is 9.59 Å². The van der Waals surface area contributed by atoms with Crippen LogP contribution < -0.4 is 5.32 Å². The number of rotatable bonds is 3. The number of nitrogens with one attached hydrogen (secondary N) is 1. The van der Waals surface area contributed by atoms with E-state index in [2.05, 4.69) is 12.2 Å². The summed E-state index contributed by atoms with van der Waals surface area (Å²) in [6, 6.07) is 8.69. The quantitative estimate of drug-likeness (QED) is 0.840. The van der Waals surface area contributed by atoms with Crippen molar-refractivity contribution in [3.8, 4) is 0 Å². The molecule has 28 heavy (non-hydrogen) atoms. The van der Waals surface area contributed by atoms with Crippen molar-refractivity contribution in [2.45, 2.75) is 57.5 Å². The molecule has 1 aromatic carbocycles. The van der Waals surface area contributed by atoms with Crippen LogP contribution in [0.25, 0.3) is 0 Å². The topological polar surface area (TPSA) is 52.7 Å². The molecular weight excluding hydrogens is 374 g/mol.